The van der Waals surface area contributed by atoms with Gasteiger partial charge < -0.3 is 20.3 Å². The smallest absolute Gasteiger partial charge is 0.367 e. The van der Waals surface area contributed by atoms with E-state index >= 15 is 0 Å². The van der Waals surface area contributed by atoms with E-state index in [-0.39, 0.29) is 30.6 Å². The third-order valence-electron chi connectivity index (χ3n) is 3.57. The third kappa shape index (κ3) is 9.63. The van der Waals surface area contributed by atoms with E-state index in [1.54, 1.807) is 36.6 Å². The van der Waals surface area contributed by atoms with Gasteiger partial charge in [-0.1, -0.05) is 24.3 Å². The summed E-state index contributed by atoms with van der Waals surface area (Å²) in [6, 6.07) is 7.22. The standard InChI is InChI=1S/C18H24F3N5OS.HI/c1-22-16(24-9-15-11-28-17(25-15)26(2)3)23-8-13-5-4-6-14(7-13)10-27-12-18(19,20)21;/h4-7,11H,8-10,12H2,1-3H3,(H2,22,23,24);1H. The minimum Gasteiger partial charge on any atom is -0.367 e. The van der Waals surface area contributed by atoms with Gasteiger partial charge in [0.05, 0.1) is 18.8 Å². The van der Waals surface area contributed by atoms with Crippen molar-refractivity contribution in [2.24, 2.45) is 4.99 Å². The lowest BCUT2D eigenvalue weighted by Crippen LogP contribution is -2.36. The van der Waals surface area contributed by atoms with Gasteiger partial charge in [0.1, 0.15) is 6.61 Å². The van der Waals surface area contributed by atoms with Gasteiger partial charge in [0.15, 0.2) is 11.1 Å². The molecule has 2 N–H and O–H groups in total. The van der Waals surface area contributed by atoms with Crippen LogP contribution in [-0.2, 0) is 24.4 Å². The van der Waals surface area contributed by atoms with Crippen LogP contribution in [0.1, 0.15) is 16.8 Å². The Bertz CT molecular complexity index is 783. The normalized spacial score (nSPS) is 11.7. The molecule has 0 saturated heterocycles. The van der Waals surface area contributed by atoms with E-state index in [1.165, 1.54) is 0 Å². The summed E-state index contributed by atoms with van der Waals surface area (Å²) < 4.78 is 41.2. The average molecular weight is 543 g/mol. The van der Waals surface area contributed by atoms with Gasteiger partial charge in [-0.2, -0.15) is 13.2 Å². The second-order valence-corrected chi connectivity index (χ2v) is 7.06. The summed E-state index contributed by atoms with van der Waals surface area (Å²) >= 11 is 1.57. The summed E-state index contributed by atoms with van der Waals surface area (Å²) in [5.41, 5.74) is 2.52. The molecular formula is C18H25F3IN5OS. The molecule has 0 aliphatic rings. The maximum Gasteiger partial charge on any atom is 0.411 e. The van der Waals surface area contributed by atoms with Gasteiger partial charge in [-0.25, -0.2) is 4.98 Å². The van der Waals surface area contributed by atoms with Crippen LogP contribution in [-0.4, -0.2) is 44.9 Å². The number of nitrogens with one attached hydrogen (secondary N) is 2. The number of aliphatic imine (C=N–C) groups is 1. The van der Waals surface area contributed by atoms with E-state index in [9.17, 15) is 13.2 Å². The number of hydrogen-bond acceptors (Lipinski definition) is 5. The van der Waals surface area contributed by atoms with Gasteiger partial charge >= 0.3 is 6.18 Å². The number of hydrogen-bond donors (Lipinski definition) is 2. The molecule has 162 valence electrons. The van der Waals surface area contributed by atoms with E-state index in [4.69, 9.17) is 4.74 Å². The van der Waals surface area contributed by atoms with Crippen LogP contribution in [0.15, 0.2) is 34.6 Å². The lowest BCUT2D eigenvalue weighted by Gasteiger charge is -2.12. The molecule has 11 heteroatoms. The van der Waals surface area contributed by atoms with Gasteiger partial charge in [0.25, 0.3) is 0 Å². The van der Waals surface area contributed by atoms with Gasteiger partial charge in [-0.3, -0.25) is 4.99 Å². The minimum absolute atomic E-state index is 0. The first-order chi connectivity index (χ1) is 13.3. The predicted molar refractivity (Wildman–Crippen MR) is 121 cm³/mol. The molecule has 29 heavy (non-hydrogen) atoms. The number of benzene rings is 1. The first-order valence-electron chi connectivity index (χ1n) is 8.55. The molecule has 1 aromatic heterocycles. The highest BCUT2D eigenvalue weighted by atomic mass is 127. The summed E-state index contributed by atoms with van der Waals surface area (Å²) in [7, 11) is 5.56. The molecule has 1 aromatic carbocycles. The topological polar surface area (TPSA) is 61.8 Å². The number of ether oxygens (including phenoxy) is 1. The third-order valence-corrected chi connectivity index (χ3v) is 4.63. The van der Waals surface area contributed by atoms with E-state index in [2.05, 4.69) is 20.6 Å². The second kappa shape index (κ2) is 12.2. The Morgan fingerprint density at radius 1 is 1.21 bits per heavy atom. The van der Waals surface area contributed by atoms with Crippen LogP contribution >= 0.6 is 35.3 Å². The van der Waals surface area contributed by atoms with Crippen LogP contribution in [0.5, 0.6) is 0 Å². The van der Waals surface area contributed by atoms with Crippen molar-refractivity contribution in [3.05, 3.63) is 46.5 Å². The van der Waals surface area contributed by atoms with Crippen LogP contribution in [0.2, 0.25) is 0 Å². The molecule has 0 unspecified atom stereocenters. The van der Waals surface area contributed by atoms with Crippen molar-refractivity contribution >= 4 is 46.4 Å². The highest BCUT2D eigenvalue weighted by Gasteiger charge is 2.27. The summed E-state index contributed by atoms with van der Waals surface area (Å²) in [5, 5.41) is 9.29. The van der Waals surface area contributed by atoms with Crippen molar-refractivity contribution in [1.29, 1.82) is 0 Å². The molecule has 0 radical (unpaired) electrons. The summed E-state index contributed by atoms with van der Waals surface area (Å²) in [5.74, 6) is 0.609. The molecule has 2 rings (SSSR count). The Kier molecular flexibility index (Phi) is 10.7. The fourth-order valence-corrected chi connectivity index (χ4v) is 3.04. The number of alkyl halides is 3. The molecule has 0 bridgehead atoms. The molecule has 0 spiro atoms. The molecule has 0 saturated carbocycles. The Labute approximate surface area is 189 Å². The number of nitrogens with zero attached hydrogens (tertiary/aromatic N) is 3. The quantitative estimate of drug-likeness (QED) is 0.302. The predicted octanol–water partition coefficient (Wildman–Crippen LogP) is 3.77. The summed E-state index contributed by atoms with van der Waals surface area (Å²) in [4.78, 5) is 10.6. The minimum atomic E-state index is -4.32. The first kappa shape index (κ1) is 25.4. The fourth-order valence-electron chi connectivity index (χ4n) is 2.28. The molecule has 0 atom stereocenters. The van der Waals surface area contributed by atoms with Crippen molar-refractivity contribution in [2.45, 2.75) is 25.9 Å². The Hall–Kier alpha value is -1.60. The Morgan fingerprint density at radius 2 is 1.90 bits per heavy atom. The van der Waals surface area contributed by atoms with Crippen molar-refractivity contribution < 1.29 is 17.9 Å². The zero-order valence-electron chi connectivity index (χ0n) is 16.4. The largest absolute Gasteiger partial charge is 0.411 e. The van der Waals surface area contributed by atoms with Crippen LogP contribution in [0.4, 0.5) is 18.3 Å². The number of rotatable bonds is 8. The maximum atomic E-state index is 12.2. The second-order valence-electron chi connectivity index (χ2n) is 6.22. The molecule has 6 nitrogen and oxygen atoms in total. The molecule has 0 aliphatic heterocycles. The van der Waals surface area contributed by atoms with Crippen LogP contribution < -0.4 is 15.5 Å². The van der Waals surface area contributed by atoms with Crippen molar-refractivity contribution in [3.63, 3.8) is 0 Å². The van der Waals surface area contributed by atoms with Crippen LogP contribution in [0.25, 0.3) is 0 Å². The lowest BCUT2D eigenvalue weighted by atomic mass is 10.1. The SMILES string of the molecule is CN=C(NCc1cccc(COCC(F)(F)F)c1)NCc1csc(N(C)C)n1.I. The van der Waals surface area contributed by atoms with Gasteiger partial charge in [0.2, 0.25) is 0 Å². The van der Waals surface area contributed by atoms with Gasteiger partial charge in [-0.15, -0.1) is 35.3 Å². The van der Waals surface area contributed by atoms with Crippen molar-refractivity contribution in [2.75, 3.05) is 32.6 Å². The Morgan fingerprint density at radius 3 is 2.52 bits per heavy atom. The zero-order chi connectivity index (χ0) is 20.6. The highest BCUT2D eigenvalue weighted by Crippen LogP contribution is 2.18. The molecule has 0 aliphatic carbocycles. The number of thiazole rings is 1. The molecule has 0 fully saturated rings. The van der Waals surface area contributed by atoms with E-state index in [0.29, 0.717) is 24.6 Å². The zero-order valence-corrected chi connectivity index (χ0v) is 19.6. The van der Waals surface area contributed by atoms with Crippen molar-refractivity contribution in [3.8, 4) is 0 Å². The van der Waals surface area contributed by atoms with Crippen LogP contribution in [0.3, 0.4) is 0 Å². The molecule has 2 aromatic rings. The molecular weight excluding hydrogens is 518 g/mol. The highest BCUT2D eigenvalue weighted by molar-refractivity contribution is 14.0. The van der Waals surface area contributed by atoms with E-state index < -0.39 is 12.8 Å². The first-order valence-corrected chi connectivity index (χ1v) is 9.43. The summed E-state index contributed by atoms with van der Waals surface area (Å²) in [6.07, 6.45) is -4.32. The van der Waals surface area contributed by atoms with E-state index in [0.717, 1.165) is 16.4 Å². The Balaban J connectivity index is 0.00000420. The van der Waals surface area contributed by atoms with Gasteiger partial charge in [-0.05, 0) is 11.1 Å². The monoisotopic (exact) mass is 543 g/mol. The van der Waals surface area contributed by atoms with E-state index in [1.807, 2.05) is 30.4 Å². The number of anilines is 1. The average Bonchev–Trinajstić information content (AvgIpc) is 3.10. The maximum absolute atomic E-state index is 12.2. The summed E-state index contributed by atoms with van der Waals surface area (Å²) in [6.45, 7) is -0.321. The number of guanidine groups is 1. The lowest BCUT2D eigenvalue weighted by molar-refractivity contribution is -0.176. The van der Waals surface area contributed by atoms with Crippen molar-refractivity contribution in [1.82, 2.24) is 15.6 Å². The van der Waals surface area contributed by atoms with Crippen LogP contribution in [0, 0.1) is 0 Å². The number of halogens is 4. The number of aromatic nitrogens is 1. The molecule has 1 heterocycles. The molecule has 0 amide bonds. The van der Waals surface area contributed by atoms with Gasteiger partial charge in [0, 0.05) is 33.1 Å². The fraction of sp³-hybridized carbons (Fsp3) is 0.444.